The fraction of sp³-hybridized carbons (Fsp3) is 0.450. The van der Waals surface area contributed by atoms with Crippen LogP contribution in [0.2, 0.25) is 0 Å². The molecule has 7 nitrogen and oxygen atoms in total. The molecule has 28 heavy (non-hydrogen) atoms. The van der Waals surface area contributed by atoms with Crippen molar-refractivity contribution in [2.75, 3.05) is 5.32 Å². The van der Waals surface area contributed by atoms with E-state index in [-0.39, 0.29) is 22.9 Å². The molecule has 0 spiro atoms. The quantitative estimate of drug-likeness (QED) is 0.839. The Balaban J connectivity index is 1.59. The minimum atomic E-state index is -3.70. The molecule has 1 fully saturated rings. The van der Waals surface area contributed by atoms with Gasteiger partial charge in [0.2, 0.25) is 15.9 Å². The zero-order valence-corrected chi connectivity index (χ0v) is 16.9. The summed E-state index contributed by atoms with van der Waals surface area (Å²) in [5.74, 6) is 0.601. The van der Waals surface area contributed by atoms with Crippen molar-refractivity contribution in [1.29, 1.82) is 0 Å². The van der Waals surface area contributed by atoms with Gasteiger partial charge in [-0.25, -0.2) is 18.4 Å². The summed E-state index contributed by atoms with van der Waals surface area (Å²) in [6, 6.07) is 4.64. The van der Waals surface area contributed by atoms with Gasteiger partial charge in [-0.1, -0.05) is 0 Å². The molecule has 8 heteroatoms. The molecule has 1 aromatic heterocycles. The number of benzene rings is 1. The van der Waals surface area contributed by atoms with Crippen LogP contribution in [0.25, 0.3) is 0 Å². The van der Waals surface area contributed by atoms with E-state index in [0.29, 0.717) is 17.9 Å². The van der Waals surface area contributed by atoms with E-state index in [1.54, 1.807) is 28.7 Å². The van der Waals surface area contributed by atoms with Crippen molar-refractivity contribution in [3.63, 3.8) is 0 Å². The van der Waals surface area contributed by atoms with Gasteiger partial charge in [-0.05, 0) is 57.4 Å². The summed E-state index contributed by atoms with van der Waals surface area (Å²) < 4.78 is 28.8. The Morgan fingerprint density at radius 2 is 2.04 bits per heavy atom. The predicted molar refractivity (Wildman–Crippen MR) is 103 cm³/mol. The number of sulfonamides is 1. The third kappa shape index (κ3) is 2.31. The fourth-order valence-electron chi connectivity index (χ4n) is 4.73. The lowest BCUT2D eigenvalue weighted by atomic mass is 9.86. The maximum Gasteiger partial charge on any atom is 0.243 e. The lowest BCUT2D eigenvalue weighted by molar-refractivity contribution is -0.119. The number of aromatic nitrogens is 2. The van der Waals surface area contributed by atoms with Crippen molar-refractivity contribution in [1.82, 2.24) is 14.3 Å². The van der Waals surface area contributed by atoms with Gasteiger partial charge in [0.1, 0.15) is 5.82 Å². The van der Waals surface area contributed by atoms with Gasteiger partial charge in [-0.3, -0.25) is 4.79 Å². The van der Waals surface area contributed by atoms with Gasteiger partial charge in [-0.15, -0.1) is 0 Å². The number of hydrogen-bond acceptors (Lipinski definition) is 5. The van der Waals surface area contributed by atoms with Crippen LogP contribution >= 0.6 is 0 Å². The molecule has 3 aliphatic rings. The highest BCUT2D eigenvalue weighted by molar-refractivity contribution is 7.89. The summed E-state index contributed by atoms with van der Waals surface area (Å²) in [6.07, 6.45) is 3.99. The molecule has 1 saturated heterocycles. The van der Waals surface area contributed by atoms with E-state index < -0.39 is 15.4 Å². The van der Waals surface area contributed by atoms with Crippen LogP contribution in [-0.4, -0.2) is 34.6 Å². The summed E-state index contributed by atoms with van der Waals surface area (Å²) in [6.45, 7) is 5.48. The van der Waals surface area contributed by atoms with Gasteiger partial charge in [0.05, 0.1) is 22.0 Å². The summed E-state index contributed by atoms with van der Waals surface area (Å²) in [4.78, 5) is 21.3. The van der Waals surface area contributed by atoms with E-state index in [9.17, 15) is 13.2 Å². The molecule has 1 aromatic carbocycles. The summed E-state index contributed by atoms with van der Waals surface area (Å²) >= 11 is 0. The number of fused-ring (bicyclic) bond motifs is 5. The average molecular weight is 398 g/mol. The van der Waals surface area contributed by atoms with Gasteiger partial charge in [0.15, 0.2) is 0 Å². The van der Waals surface area contributed by atoms with Gasteiger partial charge >= 0.3 is 0 Å². The Kier molecular flexibility index (Phi) is 3.56. The standard InChI is InChI=1S/C20H22N4O3S/c1-11-21-10-14-17(22-11)8-12-4-7-18(14)24(12)28(26,27)13-5-6-16-15(9-13)20(2,3)19(25)23-16/h5-6,9-10,12,18H,4,7-8H2,1-3H3,(H,23,25). The van der Waals surface area contributed by atoms with Crippen LogP contribution in [0.4, 0.5) is 5.69 Å². The van der Waals surface area contributed by atoms with Crippen LogP contribution in [-0.2, 0) is 26.7 Å². The minimum absolute atomic E-state index is 0.0854. The van der Waals surface area contributed by atoms with Gasteiger partial charge in [0, 0.05) is 29.9 Å². The molecule has 5 rings (SSSR count). The molecule has 2 atom stereocenters. The Hall–Kier alpha value is -2.32. The first kappa shape index (κ1) is 17.8. The number of nitrogens with zero attached hydrogens (tertiary/aromatic N) is 3. The van der Waals surface area contributed by atoms with Crippen molar-refractivity contribution >= 4 is 21.6 Å². The Labute approximate surface area is 164 Å². The minimum Gasteiger partial charge on any atom is -0.325 e. The number of rotatable bonds is 2. The van der Waals surface area contributed by atoms with E-state index in [1.807, 2.05) is 20.8 Å². The molecule has 0 radical (unpaired) electrons. The van der Waals surface area contributed by atoms with Crippen LogP contribution in [0.15, 0.2) is 29.3 Å². The highest BCUT2D eigenvalue weighted by Crippen LogP contribution is 2.47. The van der Waals surface area contributed by atoms with Crippen LogP contribution in [0.1, 0.15) is 55.4 Å². The maximum atomic E-state index is 13.6. The Morgan fingerprint density at radius 3 is 2.82 bits per heavy atom. The van der Waals surface area contributed by atoms with Crippen LogP contribution in [0.3, 0.4) is 0 Å². The van der Waals surface area contributed by atoms with Crippen LogP contribution in [0, 0.1) is 6.92 Å². The lowest BCUT2D eigenvalue weighted by Gasteiger charge is -2.34. The van der Waals surface area contributed by atoms with E-state index in [1.165, 1.54) is 0 Å². The van der Waals surface area contributed by atoms with Crippen molar-refractivity contribution in [2.24, 2.45) is 0 Å². The number of nitrogens with one attached hydrogen (secondary N) is 1. The maximum absolute atomic E-state index is 13.6. The van der Waals surface area contributed by atoms with E-state index in [0.717, 1.165) is 29.7 Å². The van der Waals surface area contributed by atoms with Gasteiger partial charge < -0.3 is 5.32 Å². The fourth-order valence-corrected chi connectivity index (χ4v) is 6.61. The monoisotopic (exact) mass is 398 g/mol. The first-order valence-corrected chi connectivity index (χ1v) is 11.0. The summed E-state index contributed by atoms with van der Waals surface area (Å²) in [5.41, 5.74) is 2.55. The number of aryl methyl sites for hydroxylation is 1. The molecule has 4 heterocycles. The lowest BCUT2D eigenvalue weighted by Crippen LogP contribution is -2.42. The molecule has 1 N–H and O–H groups in total. The number of carbonyl (C=O) groups excluding carboxylic acids is 1. The molecular weight excluding hydrogens is 376 g/mol. The molecule has 2 bridgehead atoms. The van der Waals surface area contributed by atoms with Crippen molar-refractivity contribution in [3.8, 4) is 0 Å². The van der Waals surface area contributed by atoms with Crippen molar-refractivity contribution < 1.29 is 13.2 Å². The molecule has 3 aliphatic heterocycles. The normalized spacial score (nSPS) is 25.3. The number of hydrogen-bond donors (Lipinski definition) is 1. The number of amides is 1. The third-order valence-electron chi connectivity index (χ3n) is 6.30. The molecule has 0 saturated carbocycles. The second kappa shape index (κ2) is 5.61. The number of anilines is 1. The number of carbonyl (C=O) groups is 1. The van der Waals surface area contributed by atoms with E-state index >= 15 is 0 Å². The molecule has 2 aromatic rings. The Bertz CT molecular complexity index is 1130. The van der Waals surface area contributed by atoms with E-state index in [2.05, 4.69) is 15.3 Å². The zero-order valence-electron chi connectivity index (χ0n) is 16.1. The molecule has 146 valence electrons. The second-order valence-electron chi connectivity index (χ2n) is 8.39. The molecule has 1 amide bonds. The molecular formula is C20H22N4O3S. The summed E-state index contributed by atoms with van der Waals surface area (Å²) in [5, 5.41) is 2.83. The smallest absolute Gasteiger partial charge is 0.243 e. The largest absolute Gasteiger partial charge is 0.325 e. The molecule has 2 unspecified atom stereocenters. The molecule has 0 aliphatic carbocycles. The highest BCUT2D eigenvalue weighted by atomic mass is 32.2. The van der Waals surface area contributed by atoms with Gasteiger partial charge in [0.25, 0.3) is 0 Å². The first-order chi connectivity index (χ1) is 13.2. The predicted octanol–water partition coefficient (Wildman–Crippen LogP) is 2.47. The van der Waals surface area contributed by atoms with Crippen molar-refractivity contribution in [2.45, 2.75) is 62.4 Å². The first-order valence-electron chi connectivity index (χ1n) is 9.51. The third-order valence-corrected chi connectivity index (χ3v) is 8.26. The Morgan fingerprint density at radius 1 is 1.25 bits per heavy atom. The summed E-state index contributed by atoms with van der Waals surface area (Å²) in [7, 11) is -3.70. The van der Waals surface area contributed by atoms with Crippen LogP contribution < -0.4 is 5.32 Å². The topological polar surface area (TPSA) is 92.3 Å². The van der Waals surface area contributed by atoms with E-state index in [4.69, 9.17) is 0 Å². The average Bonchev–Trinajstić information content (AvgIpc) is 3.08. The zero-order chi connectivity index (χ0) is 19.8. The van der Waals surface area contributed by atoms with Crippen molar-refractivity contribution in [3.05, 3.63) is 47.0 Å². The SMILES string of the molecule is Cc1ncc2c(n1)CC1CCC2N1S(=O)(=O)c1ccc2c(c1)C(C)(C)C(=O)N2. The second-order valence-corrected chi connectivity index (χ2v) is 10.2. The van der Waals surface area contributed by atoms with Gasteiger partial charge in [-0.2, -0.15) is 4.31 Å². The van der Waals surface area contributed by atoms with Crippen LogP contribution in [0.5, 0.6) is 0 Å². The highest BCUT2D eigenvalue weighted by Gasteiger charge is 2.48.